The number of nitrogens with zero attached hydrogens (tertiary/aromatic N) is 2. The van der Waals surface area contributed by atoms with E-state index in [1.54, 1.807) is 6.92 Å². The number of hydrazine groups is 1. The molecule has 0 aliphatic rings. The predicted molar refractivity (Wildman–Crippen MR) is 138 cm³/mol. The molecule has 0 radical (unpaired) electrons. The number of nitrogens with one attached hydrogen (secondary N) is 1. The minimum atomic E-state index is -0.748. The van der Waals surface area contributed by atoms with Crippen LogP contribution in [0.25, 0.3) is 0 Å². The number of anilines is 1. The Bertz CT molecular complexity index is 713. The Kier molecular flexibility index (Phi) is 19.4. The van der Waals surface area contributed by atoms with Crippen LogP contribution in [0.15, 0.2) is 18.2 Å². The summed E-state index contributed by atoms with van der Waals surface area (Å²) in [6.45, 7) is 3.98. The van der Waals surface area contributed by atoms with E-state index in [-0.39, 0.29) is 11.4 Å². The van der Waals surface area contributed by atoms with E-state index >= 15 is 0 Å². The SMILES string of the molecule is CCCCCCCCCCCCCCCCCC(C)=O.NNc1ccc([N+](=O)[O-])cc1[N+](=O)[O-]. The lowest BCUT2D eigenvalue weighted by atomic mass is 10.0. The van der Waals surface area contributed by atoms with E-state index in [0.717, 1.165) is 25.0 Å². The molecule has 0 unspecified atom stereocenters. The van der Waals surface area contributed by atoms with E-state index in [4.69, 9.17) is 5.84 Å². The molecule has 0 atom stereocenters. The third-order valence-corrected chi connectivity index (χ3v) is 5.68. The Hall–Kier alpha value is -2.55. The summed E-state index contributed by atoms with van der Waals surface area (Å²) < 4.78 is 0. The highest BCUT2D eigenvalue weighted by atomic mass is 16.6. The first-order valence-electron chi connectivity index (χ1n) is 12.7. The average molecular weight is 481 g/mol. The molecule has 0 fully saturated rings. The zero-order valence-electron chi connectivity index (χ0n) is 21.1. The maximum atomic E-state index is 10.8. The topological polar surface area (TPSA) is 141 Å². The lowest BCUT2D eigenvalue weighted by Crippen LogP contribution is -2.09. The lowest BCUT2D eigenvalue weighted by molar-refractivity contribution is -0.393. The largest absolute Gasteiger partial charge is 0.318 e. The van der Waals surface area contributed by atoms with E-state index in [9.17, 15) is 25.0 Å². The third-order valence-electron chi connectivity index (χ3n) is 5.68. The third kappa shape index (κ3) is 17.0. The van der Waals surface area contributed by atoms with Gasteiger partial charge in [0, 0.05) is 12.5 Å². The number of hydrogen-bond acceptors (Lipinski definition) is 7. The number of nitrogens with two attached hydrogens (primary N) is 1. The molecule has 0 aromatic heterocycles. The number of carbonyl (C=O) groups is 1. The van der Waals surface area contributed by atoms with Crippen molar-refractivity contribution in [2.24, 2.45) is 5.84 Å². The summed E-state index contributed by atoms with van der Waals surface area (Å²) in [5, 5.41) is 20.7. The molecule has 1 rings (SSSR count). The first-order valence-corrected chi connectivity index (χ1v) is 12.7. The van der Waals surface area contributed by atoms with Gasteiger partial charge in [0.2, 0.25) is 0 Å². The number of ketones is 1. The van der Waals surface area contributed by atoms with Gasteiger partial charge < -0.3 is 10.2 Å². The highest BCUT2D eigenvalue weighted by molar-refractivity contribution is 5.75. The second-order valence-corrected chi connectivity index (χ2v) is 8.76. The lowest BCUT2D eigenvalue weighted by Gasteiger charge is -2.03. The molecular weight excluding hydrogens is 436 g/mol. The number of non-ortho nitro benzene ring substituents is 1. The maximum Gasteiger partial charge on any atom is 0.300 e. The van der Waals surface area contributed by atoms with Crippen LogP contribution >= 0.6 is 0 Å². The number of Topliss-reactive ketones (excluding diaryl/α,β-unsaturated/α-hetero) is 1. The Morgan fingerprint density at radius 1 is 0.794 bits per heavy atom. The van der Waals surface area contributed by atoms with Crippen LogP contribution in [0.5, 0.6) is 0 Å². The molecule has 0 saturated heterocycles. The van der Waals surface area contributed by atoms with Gasteiger partial charge in [0.15, 0.2) is 0 Å². The van der Waals surface area contributed by atoms with E-state index in [1.807, 2.05) is 0 Å². The van der Waals surface area contributed by atoms with Crippen LogP contribution in [-0.4, -0.2) is 15.6 Å². The summed E-state index contributed by atoms with van der Waals surface area (Å²) in [6.07, 6.45) is 21.6. The standard InChI is InChI=1S/C19H38O.C6H6N4O4/c1-3-4-5-6-7-8-9-10-11-12-13-14-15-16-17-18-19(2)20;7-8-5-2-1-4(9(11)12)3-6(5)10(13)14/h3-18H2,1-2H3;1-3,8H,7H2. The van der Waals surface area contributed by atoms with Gasteiger partial charge in [-0.3, -0.25) is 26.1 Å². The number of nitro groups is 2. The molecule has 194 valence electrons. The van der Waals surface area contributed by atoms with Gasteiger partial charge in [-0.25, -0.2) is 0 Å². The fourth-order valence-electron chi connectivity index (χ4n) is 3.65. The number of nitro benzene ring substituents is 2. The first-order chi connectivity index (χ1) is 16.3. The number of hydrogen-bond donors (Lipinski definition) is 2. The molecule has 0 saturated carbocycles. The van der Waals surface area contributed by atoms with Crippen molar-refractivity contribution >= 4 is 22.8 Å². The Morgan fingerprint density at radius 2 is 1.24 bits per heavy atom. The Balaban J connectivity index is 0.000000679. The van der Waals surface area contributed by atoms with Crippen LogP contribution in [-0.2, 0) is 4.79 Å². The van der Waals surface area contributed by atoms with Crippen molar-refractivity contribution in [3.63, 3.8) is 0 Å². The second kappa shape index (κ2) is 21.0. The molecule has 0 aliphatic carbocycles. The number of unbranched alkanes of at least 4 members (excludes halogenated alkanes) is 14. The van der Waals surface area contributed by atoms with Crippen molar-refractivity contribution < 1.29 is 14.6 Å². The molecule has 9 nitrogen and oxygen atoms in total. The van der Waals surface area contributed by atoms with Crippen LogP contribution in [0, 0.1) is 20.2 Å². The van der Waals surface area contributed by atoms with Crippen LogP contribution in [0.1, 0.15) is 117 Å². The van der Waals surface area contributed by atoms with Crippen molar-refractivity contribution in [2.45, 2.75) is 117 Å². The molecule has 1 aromatic carbocycles. The number of benzene rings is 1. The summed E-state index contributed by atoms with van der Waals surface area (Å²) in [4.78, 5) is 30.1. The number of rotatable bonds is 19. The fourth-order valence-corrected chi connectivity index (χ4v) is 3.65. The maximum absolute atomic E-state index is 10.8. The summed E-state index contributed by atoms with van der Waals surface area (Å²) in [7, 11) is 0. The number of nitrogen functional groups attached to an aromatic ring is 1. The quantitative estimate of drug-likeness (QED) is 0.0897. The van der Waals surface area contributed by atoms with Gasteiger partial charge in [0.05, 0.1) is 15.9 Å². The molecule has 3 N–H and O–H groups in total. The van der Waals surface area contributed by atoms with Crippen molar-refractivity contribution in [1.29, 1.82) is 0 Å². The summed E-state index contributed by atoms with van der Waals surface area (Å²) in [5.41, 5.74) is 1.33. The van der Waals surface area contributed by atoms with Crippen LogP contribution < -0.4 is 11.3 Å². The van der Waals surface area contributed by atoms with Gasteiger partial charge in [-0.05, 0) is 19.4 Å². The molecule has 0 bridgehead atoms. The van der Waals surface area contributed by atoms with Crippen molar-refractivity contribution in [2.75, 3.05) is 5.43 Å². The van der Waals surface area contributed by atoms with Gasteiger partial charge in [-0.15, -0.1) is 0 Å². The van der Waals surface area contributed by atoms with Gasteiger partial charge in [0.1, 0.15) is 11.5 Å². The molecular formula is C25H44N4O5. The molecule has 0 aliphatic heterocycles. The second-order valence-electron chi connectivity index (χ2n) is 8.76. The fraction of sp³-hybridized carbons (Fsp3) is 0.720. The van der Waals surface area contributed by atoms with E-state index < -0.39 is 15.5 Å². The van der Waals surface area contributed by atoms with Crippen LogP contribution in [0.4, 0.5) is 17.1 Å². The van der Waals surface area contributed by atoms with Gasteiger partial charge in [0.25, 0.3) is 5.69 Å². The highest BCUT2D eigenvalue weighted by Gasteiger charge is 2.18. The monoisotopic (exact) mass is 480 g/mol. The van der Waals surface area contributed by atoms with Crippen LogP contribution in [0.3, 0.4) is 0 Å². The molecule has 0 heterocycles. The van der Waals surface area contributed by atoms with Crippen molar-refractivity contribution in [3.8, 4) is 0 Å². The minimum Gasteiger partial charge on any atom is -0.318 e. The normalized spacial score (nSPS) is 10.3. The molecule has 9 heteroatoms. The van der Waals surface area contributed by atoms with Gasteiger partial charge >= 0.3 is 5.69 Å². The van der Waals surface area contributed by atoms with Gasteiger partial charge in [-0.2, -0.15) is 0 Å². The first kappa shape index (κ1) is 31.4. The molecule has 0 spiro atoms. The summed E-state index contributed by atoms with van der Waals surface area (Å²) in [5.74, 6) is 5.34. The summed E-state index contributed by atoms with van der Waals surface area (Å²) in [6, 6.07) is 3.15. The molecule has 1 aromatic rings. The Labute approximate surface area is 204 Å². The average Bonchev–Trinajstić information content (AvgIpc) is 2.81. The van der Waals surface area contributed by atoms with E-state index in [0.29, 0.717) is 5.78 Å². The predicted octanol–water partition coefficient (Wildman–Crippen LogP) is 7.63. The zero-order valence-corrected chi connectivity index (χ0v) is 21.1. The van der Waals surface area contributed by atoms with Crippen molar-refractivity contribution in [3.05, 3.63) is 38.4 Å². The zero-order chi connectivity index (χ0) is 25.6. The van der Waals surface area contributed by atoms with E-state index in [1.165, 1.54) is 96.0 Å². The van der Waals surface area contributed by atoms with Crippen LogP contribution in [0.2, 0.25) is 0 Å². The molecule has 34 heavy (non-hydrogen) atoms. The number of carbonyl (C=O) groups excluding carboxylic acids is 1. The van der Waals surface area contributed by atoms with Gasteiger partial charge in [-0.1, -0.05) is 96.8 Å². The van der Waals surface area contributed by atoms with Crippen molar-refractivity contribution in [1.82, 2.24) is 0 Å². The summed E-state index contributed by atoms with van der Waals surface area (Å²) >= 11 is 0. The molecule has 0 amide bonds. The van der Waals surface area contributed by atoms with E-state index in [2.05, 4.69) is 12.3 Å². The Morgan fingerprint density at radius 3 is 1.59 bits per heavy atom. The highest BCUT2D eigenvalue weighted by Crippen LogP contribution is 2.27. The minimum absolute atomic E-state index is 0.0283. The smallest absolute Gasteiger partial charge is 0.300 e.